The van der Waals surface area contributed by atoms with Gasteiger partial charge in [0, 0.05) is 6.42 Å². The van der Waals surface area contributed by atoms with Crippen LogP contribution in [0.25, 0.3) is 0 Å². The van der Waals surface area contributed by atoms with Crippen LogP contribution in [0.2, 0.25) is 0 Å². The maximum Gasteiger partial charge on any atom is 1.00 e. The third-order valence-electron chi connectivity index (χ3n) is 0.774. The fourth-order valence-electron chi connectivity index (χ4n) is 0.371. The summed E-state index contributed by atoms with van der Waals surface area (Å²) in [6.45, 7) is 0. The van der Waals surface area contributed by atoms with Crippen molar-refractivity contribution in [3.8, 4) is 0 Å². The molecule has 0 aromatic rings. The van der Waals surface area contributed by atoms with E-state index in [0.717, 1.165) is 17.3 Å². The van der Waals surface area contributed by atoms with Crippen molar-refractivity contribution in [2.45, 2.75) is 19.3 Å². The summed E-state index contributed by atoms with van der Waals surface area (Å²) in [6.07, 6.45) is 2.16. The Bertz CT molecular complexity index is 82.0. The van der Waals surface area contributed by atoms with Crippen LogP contribution in [0.5, 0.6) is 0 Å². The Morgan fingerprint density at radius 3 is 2.44 bits per heavy atom. The second-order valence-electron chi connectivity index (χ2n) is 1.54. The number of aliphatic carboxylic acids is 1. The molecule has 50 valence electrons. The van der Waals surface area contributed by atoms with Crippen LogP contribution in [0, 0.1) is 0 Å². The van der Waals surface area contributed by atoms with Gasteiger partial charge < -0.3 is 6.53 Å². The molecule has 0 heterocycles. The summed E-state index contributed by atoms with van der Waals surface area (Å²) in [7, 11) is 0. The first-order chi connectivity index (χ1) is 3.77. The van der Waals surface area contributed by atoms with Crippen molar-refractivity contribution >= 4 is 28.6 Å². The molecule has 0 aliphatic carbocycles. The van der Waals surface area contributed by atoms with Gasteiger partial charge in [-0.25, -0.2) is 0 Å². The number of rotatable bonds is 4. The summed E-state index contributed by atoms with van der Waals surface area (Å²) < 4.78 is 1.06. The summed E-state index contributed by atoms with van der Waals surface area (Å²) in [5.41, 5.74) is 0. The SMILES string of the molecule is O=C(O)CCCCI.[H-].[Na+]. The topological polar surface area (TPSA) is 37.3 Å². The molecule has 0 atom stereocenters. The van der Waals surface area contributed by atoms with Gasteiger partial charge in [0.15, 0.2) is 0 Å². The van der Waals surface area contributed by atoms with Crippen LogP contribution in [-0.2, 0) is 4.79 Å². The summed E-state index contributed by atoms with van der Waals surface area (Å²) in [5, 5.41) is 8.14. The molecule has 0 amide bonds. The van der Waals surface area contributed by atoms with Gasteiger partial charge in [-0.15, -0.1) is 0 Å². The molecule has 0 spiro atoms. The van der Waals surface area contributed by atoms with Gasteiger partial charge in [-0.2, -0.15) is 0 Å². The molecule has 0 unspecified atom stereocenters. The zero-order valence-electron chi connectivity index (χ0n) is 6.56. The van der Waals surface area contributed by atoms with E-state index in [4.69, 9.17) is 5.11 Å². The number of unbranched alkanes of at least 4 members (excludes halogenated alkanes) is 1. The molecule has 0 aromatic heterocycles. The molecule has 0 radical (unpaired) electrons. The molecule has 0 saturated carbocycles. The molecule has 1 N–H and O–H groups in total. The summed E-state index contributed by atoms with van der Waals surface area (Å²) in [4.78, 5) is 9.87. The average molecular weight is 252 g/mol. The van der Waals surface area contributed by atoms with Crippen LogP contribution in [0.4, 0.5) is 0 Å². The zero-order chi connectivity index (χ0) is 6.41. The Labute approximate surface area is 92.3 Å². The summed E-state index contributed by atoms with van der Waals surface area (Å²) in [6, 6.07) is 0. The number of halogens is 1. The van der Waals surface area contributed by atoms with Crippen molar-refractivity contribution in [2.24, 2.45) is 0 Å². The van der Waals surface area contributed by atoms with E-state index in [1.807, 2.05) is 0 Å². The van der Waals surface area contributed by atoms with E-state index in [0.29, 0.717) is 6.42 Å². The average Bonchev–Trinajstić information content (AvgIpc) is 1.66. The molecule has 0 aliphatic heterocycles. The Morgan fingerprint density at radius 2 is 2.11 bits per heavy atom. The van der Waals surface area contributed by atoms with Crippen LogP contribution in [0.3, 0.4) is 0 Å². The minimum Gasteiger partial charge on any atom is -1.00 e. The number of alkyl halides is 1. The zero-order valence-corrected chi connectivity index (χ0v) is 9.72. The molecule has 2 nitrogen and oxygen atoms in total. The van der Waals surface area contributed by atoms with Crippen molar-refractivity contribution in [1.29, 1.82) is 0 Å². The number of carboxylic acid groups (broad SMARTS) is 1. The van der Waals surface area contributed by atoms with Crippen LogP contribution < -0.4 is 29.6 Å². The predicted molar refractivity (Wildman–Crippen MR) is 41.5 cm³/mol. The fraction of sp³-hybridized carbons (Fsp3) is 0.800. The molecule has 9 heavy (non-hydrogen) atoms. The first kappa shape index (κ1) is 12.8. The summed E-state index contributed by atoms with van der Waals surface area (Å²) in [5.74, 6) is -0.685. The first-order valence-corrected chi connectivity index (χ1v) is 4.07. The van der Waals surface area contributed by atoms with Gasteiger partial charge in [0.05, 0.1) is 0 Å². The summed E-state index contributed by atoms with van der Waals surface area (Å²) >= 11 is 2.24. The molecule has 0 bridgehead atoms. The third-order valence-corrected chi connectivity index (χ3v) is 1.54. The smallest absolute Gasteiger partial charge is 1.00 e. The molecule has 0 aliphatic rings. The maximum atomic E-state index is 9.87. The van der Waals surface area contributed by atoms with Crippen molar-refractivity contribution < 1.29 is 40.9 Å². The van der Waals surface area contributed by atoms with E-state index in [1.165, 1.54) is 0 Å². The number of hydrogen-bond donors (Lipinski definition) is 1. The van der Waals surface area contributed by atoms with E-state index >= 15 is 0 Å². The quantitative estimate of drug-likeness (QED) is 0.295. The fourth-order valence-corrected chi connectivity index (χ4v) is 0.910. The normalized spacial score (nSPS) is 8.11. The molecule has 0 rings (SSSR count). The Balaban J connectivity index is -0.000000245. The first-order valence-electron chi connectivity index (χ1n) is 2.55. The van der Waals surface area contributed by atoms with Crippen LogP contribution >= 0.6 is 22.6 Å². The van der Waals surface area contributed by atoms with Crippen molar-refractivity contribution in [1.82, 2.24) is 0 Å². The molecule has 0 fully saturated rings. The Kier molecular flexibility index (Phi) is 13.1. The van der Waals surface area contributed by atoms with Gasteiger partial charge >= 0.3 is 35.5 Å². The monoisotopic (exact) mass is 252 g/mol. The largest absolute Gasteiger partial charge is 1.00 e. The van der Waals surface area contributed by atoms with E-state index in [1.54, 1.807) is 0 Å². The molecule has 4 heteroatoms. The predicted octanol–water partition coefficient (Wildman–Crippen LogP) is -1.21. The molecule has 0 aromatic carbocycles. The third kappa shape index (κ3) is 12.4. The van der Waals surface area contributed by atoms with E-state index < -0.39 is 5.97 Å². The van der Waals surface area contributed by atoms with E-state index in [-0.39, 0.29) is 31.0 Å². The number of carbonyl (C=O) groups is 1. The molecular weight excluding hydrogens is 242 g/mol. The minimum atomic E-state index is -0.685. The standard InChI is InChI=1S/C5H9IO2.Na.H/c6-4-2-1-3-5(7)8;;/h1-4H2,(H,7,8);;/q;+1;-1. The van der Waals surface area contributed by atoms with Crippen molar-refractivity contribution in [3.63, 3.8) is 0 Å². The second kappa shape index (κ2) is 9.20. The minimum absolute atomic E-state index is 0. The Hall–Kier alpha value is 1.20. The van der Waals surface area contributed by atoms with Gasteiger partial charge in [0.1, 0.15) is 0 Å². The molecule has 0 saturated heterocycles. The van der Waals surface area contributed by atoms with E-state index in [9.17, 15) is 4.79 Å². The molecular formula is C5H10INaO2. The van der Waals surface area contributed by atoms with E-state index in [2.05, 4.69) is 22.6 Å². The van der Waals surface area contributed by atoms with Gasteiger partial charge in [-0.3, -0.25) is 4.79 Å². The van der Waals surface area contributed by atoms with Gasteiger partial charge in [-0.1, -0.05) is 22.6 Å². The van der Waals surface area contributed by atoms with Gasteiger partial charge in [-0.05, 0) is 17.3 Å². The van der Waals surface area contributed by atoms with Crippen LogP contribution in [0.15, 0.2) is 0 Å². The van der Waals surface area contributed by atoms with Gasteiger partial charge in [0.2, 0.25) is 0 Å². The van der Waals surface area contributed by atoms with Crippen molar-refractivity contribution in [3.05, 3.63) is 0 Å². The van der Waals surface area contributed by atoms with Crippen LogP contribution in [-0.4, -0.2) is 15.5 Å². The second-order valence-corrected chi connectivity index (χ2v) is 2.62. The van der Waals surface area contributed by atoms with Crippen molar-refractivity contribution in [2.75, 3.05) is 4.43 Å². The Morgan fingerprint density at radius 1 is 1.56 bits per heavy atom. The maximum absolute atomic E-state index is 9.87. The van der Waals surface area contributed by atoms with Crippen LogP contribution in [0.1, 0.15) is 20.7 Å². The number of carboxylic acids is 1. The van der Waals surface area contributed by atoms with Gasteiger partial charge in [0.25, 0.3) is 0 Å². The number of hydrogen-bond acceptors (Lipinski definition) is 1.